The maximum atomic E-state index is 10.9. The van der Waals surface area contributed by atoms with Crippen LogP contribution in [0.2, 0.25) is 0 Å². The molecule has 0 bridgehead atoms. The minimum Gasteiger partial charge on any atom is -0.463 e. The number of aliphatic hydroxyl groups excluding tert-OH is 1. The molecular formula is C11H19NO3. The third kappa shape index (κ3) is 5.54. The summed E-state index contributed by atoms with van der Waals surface area (Å²) < 4.78 is 4.71. The second-order valence-electron chi connectivity index (χ2n) is 3.72. The largest absolute Gasteiger partial charge is 0.463 e. The molecule has 0 spiro atoms. The fraction of sp³-hybridized carbons (Fsp3) is 0.727. The van der Waals surface area contributed by atoms with E-state index in [4.69, 9.17) is 4.74 Å². The molecule has 0 heterocycles. The normalized spacial score (nSPS) is 18.0. The Balaban J connectivity index is 1.97. The minimum absolute atomic E-state index is 0.235. The van der Waals surface area contributed by atoms with Crippen LogP contribution < -0.4 is 5.32 Å². The van der Waals surface area contributed by atoms with Gasteiger partial charge in [-0.25, -0.2) is 4.79 Å². The zero-order valence-corrected chi connectivity index (χ0v) is 9.11. The molecule has 4 heteroatoms. The lowest BCUT2D eigenvalue weighted by Gasteiger charge is -2.08. The van der Waals surface area contributed by atoms with Gasteiger partial charge in [0.1, 0.15) is 0 Å². The Hall–Kier alpha value is -0.870. The molecule has 1 saturated carbocycles. The van der Waals surface area contributed by atoms with Gasteiger partial charge in [-0.15, -0.1) is 0 Å². The maximum Gasteiger partial charge on any atom is 0.330 e. The van der Waals surface area contributed by atoms with Gasteiger partial charge in [0, 0.05) is 19.2 Å². The van der Waals surface area contributed by atoms with Gasteiger partial charge in [0.05, 0.1) is 12.7 Å². The smallest absolute Gasteiger partial charge is 0.330 e. The van der Waals surface area contributed by atoms with Gasteiger partial charge in [0.25, 0.3) is 0 Å². The van der Waals surface area contributed by atoms with E-state index >= 15 is 0 Å². The van der Waals surface area contributed by atoms with Crippen LogP contribution >= 0.6 is 0 Å². The van der Waals surface area contributed by atoms with Gasteiger partial charge in [-0.1, -0.05) is 6.08 Å². The second kappa shape index (κ2) is 6.58. The molecular weight excluding hydrogens is 194 g/mol. The van der Waals surface area contributed by atoms with E-state index in [1.54, 1.807) is 13.0 Å². The van der Waals surface area contributed by atoms with Crippen LogP contribution in [-0.2, 0) is 9.53 Å². The molecule has 1 aliphatic carbocycles. The second-order valence-corrected chi connectivity index (χ2v) is 3.72. The van der Waals surface area contributed by atoms with Crippen LogP contribution in [0.15, 0.2) is 12.2 Å². The molecule has 4 nitrogen and oxygen atoms in total. The lowest BCUT2D eigenvalue weighted by Crippen LogP contribution is -2.28. The van der Waals surface area contributed by atoms with Crippen LogP contribution in [0.3, 0.4) is 0 Å². The first kappa shape index (κ1) is 12.2. The summed E-state index contributed by atoms with van der Waals surface area (Å²) in [5, 5.41) is 12.6. The van der Waals surface area contributed by atoms with Crippen molar-refractivity contribution < 1.29 is 14.6 Å². The van der Waals surface area contributed by atoms with Crippen molar-refractivity contribution >= 4 is 5.97 Å². The van der Waals surface area contributed by atoms with Gasteiger partial charge in [-0.05, 0) is 25.7 Å². The fourth-order valence-electron chi connectivity index (χ4n) is 1.31. The number of esters is 1. The molecule has 0 amide bonds. The lowest BCUT2D eigenvalue weighted by molar-refractivity contribution is -0.137. The molecule has 0 saturated heterocycles. The fourth-order valence-corrected chi connectivity index (χ4v) is 1.31. The van der Waals surface area contributed by atoms with Crippen molar-refractivity contribution in [2.24, 2.45) is 5.92 Å². The highest BCUT2D eigenvalue weighted by molar-refractivity contribution is 5.81. The first-order valence-electron chi connectivity index (χ1n) is 5.46. The van der Waals surface area contributed by atoms with Crippen molar-refractivity contribution in [3.05, 3.63) is 12.2 Å². The molecule has 2 N–H and O–H groups in total. The molecule has 1 unspecified atom stereocenters. The van der Waals surface area contributed by atoms with E-state index in [2.05, 4.69) is 5.32 Å². The Labute approximate surface area is 90.3 Å². The predicted molar refractivity (Wildman–Crippen MR) is 57.4 cm³/mol. The molecule has 1 fully saturated rings. The van der Waals surface area contributed by atoms with Crippen molar-refractivity contribution in [3.63, 3.8) is 0 Å². The molecule has 86 valence electrons. The van der Waals surface area contributed by atoms with Crippen LogP contribution in [0.25, 0.3) is 0 Å². The van der Waals surface area contributed by atoms with Gasteiger partial charge in [-0.2, -0.15) is 0 Å². The standard InChI is InChI=1S/C11H19NO3/c1-2-15-11(14)4-3-7-12-8-10(13)9-5-6-9/h3-4,9-10,12-13H,2,5-8H2,1H3/b4-3+. The molecule has 1 aliphatic rings. The Morgan fingerprint density at radius 1 is 1.67 bits per heavy atom. The van der Waals surface area contributed by atoms with Crippen molar-refractivity contribution in [2.45, 2.75) is 25.9 Å². The molecule has 1 rings (SSSR count). The van der Waals surface area contributed by atoms with E-state index in [0.717, 1.165) is 12.8 Å². The number of hydrogen-bond donors (Lipinski definition) is 2. The average molecular weight is 213 g/mol. The van der Waals surface area contributed by atoms with E-state index in [9.17, 15) is 9.90 Å². The summed E-state index contributed by atoms with van der Waals surface area (Å²) in [5.74, 6) is 0.175. The SMILES string of the molecule is CCOC(=O)/C=C/CNCC(O)C1CC1. The molecule has 0 aromatic rings. The van der Waals surface area contributed by atoms with Gasteiger partial charge in [0.15, 0.2) is 0 Å². The van der Waals surface area contributed by atoms with Crippen molar-refractivity contribution in [3.8, 4) is 0 Å². The van der Waals surface area contributed by atoms with Crippen LogP contribution in [0.1, 0.15) is 19.8 Å². The summed E-state index contributed by atoms with van der Waals surface area (Å²) in [5.41, 5.74) is 0. The van der Waals surface area contributed by atoms with Gasteiger partial charge >= 0.3 is 5.97 Å². The maximum absolute atomic E-state index is 10.9. The summed E-state index contributed by atoms with van der Waals surface area (Å²) in [7, 11) is 0. The van der Waals surface area contributed by atoms with Crippen molar-refractivity contribution in [2.75, 3.05) is 19.7 Å². The van der Waals surface area contributed by atoms with Crippen LogP contribution in [0.4, 0.5) is 0 Å². The topological polar surface area (TPSA) is 58.6 Å². The zero-order valence-electron chi connectivity index (χ0n) is 9.11. The summed E-state index contributed by atoms with van der Waals surface area (Å²) in [6.45, 7) is 3.35. The van der Waals surface area contributed by atoms with E-state index < -0.39 is 0 Å². The Morgan fingerprint density at radius 3 is 3.00 bits per heavy atom. The first-order valence-corrected chi connectivity index (χ1v) is 5.46. The Bertz CT molecular complexity index is 224. The Morgan fingerprint density at radius 2 is 2.40 bits per heavy atom. The number of aliphatic hydroxyl groups is 1. The number of ether oxygens (including phenoxy) is 1. The van der Waals surface area contributed by atoms with E-state index in [-0.39, 0.29) is 12.1 Å². The van der Waals surface area contributed by atoms with E-state index in [1.165, 1.54) is 6.08 Å². The average Bonchev–Trinajstić information content (AvgIpc) is 3.00. The highest BCUT2D eigenvalue weighted by atomic mass is 16.5. The van der Waals surface area contributed by atoms with Crippen LogP contribution in [0, 0.1) is 5.92 Å². The van der Waals surface area contributed by atoms with E-state index in [0.29, 0.717) is 25.6 Å². The van der Waals surface area contributed by atoms with Crippen molar-refractivity contribution in [1.82, 2.24) is 5.32 Å². The quantitative estimate of drug-likeness (QED) is 0.366. The van der Waals surface area contributed by atoms with Gasteiger partial charge in [-0.3, -0.25) is 0 Å². The molecule has 15 heavy (non-hydrogen) atoms. The van der Waals surface area contributed by atoms with Gasteiger partial charge in [0.2, 0.25) is 0 Å². The summed E-state index contributed by atoms with van der Waals surface area (Å²) in [4.78, 5) is 10.9. The summed E-state index contributed by atoms with van der Waals surface area (Å²) in [6, 6.07) is 0. The molecule has 1 atom stereocenters. The first-order chi connectivity index (χ1) is 7.24. The molecule has 0 radical (unpaired) electrons. The number of carbonyl (C=O) groups is 1. The predicted octanol–water partition coefficient (Wildman–Crippen LogP) is 0.466. The monoisotopic (exact) mass is 213 g/mol. The zero-order chi connectivity index (χ0) is 11.1. The summed E-state index contributed by atoms with van der Waals surface area (Å²) >= 11 is 0. The Kier molecular flexibility index (Phi) is 5.36. The van der Waals surface area contributed by atoms with Crippen LogP contribution in [0.5, 0.6) is 0 Å². The third-order valence-corrected chi connectivity index (χ3v) is 2.32. The van der Waals surface area contributed by atoms with Gasteiger partial charge < -0.3 is 15.2 Å². The number of carbonyl (C=O) groups excluding carboxylic acids is 1. The number of hydrogen-bond acceptors (Lipinski definition) is 4. The third-order valence-electron chi connectivity index (χ3n) is 2.32. The molecule has 0 aromatic heterocycles. The van der Waals surface area contributed by atoms with Crippen molar-refractivity contribution in [1.29, 1.82) is 0 Å². The van der Waals surface area contributed by atoms with E-state index in [1.807, 2.05) is 0 Å². The highest BCUT2D eigenvalue weighted by Crippen LogP contribution is 2.32. The summed E-state index contributed by atoms with van der Waals surface area (Å²) in [6.07, 6.45) is 5.15. The number of nitrogens with one attached hydrogen (secondary N) is 1. The van der Waals surface area contributed by atoms with Crippen LogP contribution in [-0.4, -0.2) is 36.9 Å². The minimum atomic E-state index is -0.318. The lowest BCUT2D eigenvalue weighted by atomic mass is 10.2. The number of rotatable bonds is 7. The molecule has 0 aromatic carbocycles. The molecule has 0 aliphatic heterocycles. The highest BCUT2D eigenvalue weighted by Gasteiger charge is 2.28.